The predicted octanol–water partition coefficient (Wildman–Crippen LogP) is 2.75. The second-order valence-corrected chi connectivity index (χ2v) is 5.72. The number of hydrogen-bond donors (Lipinski definition) is 1. The van der Waals surface area contributed by atoms with E-state index in [0.717, 1.165) is 12.8 Å². The monoisotopic (exact) mass is 288 g/mol. The van der Waals surface area contributed by atoms with E-state index in [1.807, 2.05) is 0 Å². The fourth-order valence-electron chi connectivity index (χ4n) is 3.24. The number of hydrogen-bond acceptors (Lipinski definition) is 3. The quantitative estimate of drug-likeness (QED) is 0.930. The highest BCUT2D eigenvalue weighted by atomic mass is 19.4. The van der Waals surface area contributed by atoms with Crippen LogP contribution in [0.3, 0.4) is 0 Å². The van der Waals surface area contributed by atoms with Crippen molar-refractivity contribution in [2.24, 2.45) is 0 Å². The zero-order valence-electron chi connectivity index (χ0n) is 11.3. The molecule has 1 fully saturated rings. The molecule has 1 aliphatic carbocycles. The second kappa shape index (κ2) is 5.35. The Bertz CT molecular complexity index is 463. The van der Waals surface area contributed by atoms with Gasteiger partial charge in [-0.15, -0.1) is 10.2 Å². The van der Waals surface area contributed by atoms with E-state index in [1.165, 1.54) is 12.8 Å². The number of rotatable bonds is 3. The van der Waals surface area contributed by atoms with Gasteiger partial charge in [0.2, 0.25) is 0 Å². The van der Waals surface area contributed by atoms with Gasteiger partial charge >= 0.3 is 6.18 Å². The van der Waals surface area contributed by atoms with E-state index < -0.39 is 12.1 Å². The zero-order valence-corrected chi connectivity index (χ0v) is 11.3. The molecule has 0 unspecified atom stereocenters. The van der Waals surface area contributed by atoms with E-state index >= 15 is 0 Å². The van der Waals surface area contributed by atoms with Crippen molar-refractivity contribution < 1.29 is 13.2 Å². The van der Waals surface area contributed by atoms with E-state index in [-0.39, 0.29) is 12.2 Å². The molecule has 1 saturated carbocycles. The molecule has 0 radical (unpaired) electrons. The highest BCUT2D eigenvalue weighted by Crippen LogP contribution is 2.40. The molecule has 4 nitrogen and oxygen atoms in total. The van der Waals surface area contributed by atoms with Gasteiger partial charge in [0.1, 0.15) is 17.6 Å². The molecule has 0 spiro atoms. The average Bonchev–Trinajstić information content (AvgIpc) is 3.04. The lowest BCUT2D eigenvalue weighted by Gasteiger charge is -2.25. The standard InChI is InChI=1S/C13H19F3N4/c14-13(15,16)10-6-3-7-20-11(18-19-12(10)20)8-17-9-4-1-2-5-9/h9-10,17H,1-8H2/t10-/m1/s1. The SMILES string of the molecule is FC(F)(F)[C@@H]1CCCn2c(CNC3CCCC3)nnc21. The minimum atomic E-state index is -4.22. The van der Waals surface area contributed by atoms with Gasteiger partial charge in [0.15, 0.2) is 0 Å². The van der Waals surface area contributed by atoms with E-state index in [0.29, 0.717) is 31.4 Å². The van der Waals surface area contributed by atoms with Gasteiger partial charge in [-0.05, 0) is 25.7 Å². The Morgan fingerprint density at radius 1 is 1.10 bits per heavy atom. The van der Waals surface area contributed by atoms with Crippen LogP contribution in [-0.2, 0) is 13.1 Å². The molecule has 1 aromatic rings. The lowest BCUT2D eigenvalue weighted by molar-refractivity contribution is -0.156. The molecule has 0 bridgehead atoms. The van der Waals surface area contributed by atoms with E-state index in [1.54, 1.807) is 4.57 Å². The fraction of sp³-hybridized carbons (Fsp3) is 0.846. The molecule has 2 heterocycles. The summed E-state index contributed by atoms with van der Waals surface area (Å²) >= 11 is 0. The van der Waals surface area contributed by atoms with Crippen LogP contribution in [0.1, 0.15) is 56.1 Å². The van der Waals surface area contributed by atoms with Crippen molar-refractivity contribution in [3.05, 3.63) is 11.6 Å². The third kappa shape index (κ3) is 2.68. The van der Waals surface area contributed by atoms with Crippen LogP contribution in [0.2, 0.25) is 0 Å². The Morgan fingerprint density at radius 2 is 1.85 bits per heavy atom. The van der Waals surface area contributed by atoms with Crippen LogP contribution in [0.5, 0.6) is 0 Å². The van der Waals surface area contributed by atoms with Crippen molar-refractivity contribution in [2.75, 3.05) is 0 Å². The van der Waals surface area contributed by atoms with Gasteiger partial charge in [-0.1, -0.05) is 12.8 Å². The van der Waals surface area contributed by atoms with E-state index in [2.05, 4.69) is 15.5 Å². The molecule has 0 aromatic carbocycles. The first-order chi connectivity index (χ1) is 9.55. The maximum Gasteiger partial charge on any atom is 0.398 e. The number of aromatic nitrogens is 3. The van der Waals surface area contributed by atoms with Crippen LogP contribution in [0.25, 0.3) is 0 Å². The summed E-state index contributed by atoms with van der Waals surface area (Å²) in [4.78, 5) is 0. The summed E-state index contributed by atoms with van der Waals surface area (Å²) < 4.78 is 40.5. The summed E-state index contributed by atoms with van der Waals surface area (Å²) in [5.41, 5.74) is 0. The first kappa shape index (κ1) is 13.9. The molecular formula is C13H19F3N4. The number of nitrogens with zero attached hydrogens (tertiary/aromatic N) is 3. The van der Waals surface area contributed by atoms with Crippen LogP contribution in [-0.4, -0.2) is 27.0 Å². The average molecular weight is 288 g/mol. The molecule has 112 valence electrons. The Labute approximate surface area is 115 Å². The third-order valence-corrected chi connectivity index (χ3v) is 4.34. The van der Waals surface area contributed by atoms with Crippen LogP contribution < -0.4 is 5.32 Å². The summed E-state index contributed by atoms with van der Waals surface area (Å²) in [6, 6.07) is 0.477. The molecule has 1 N–H and O–H groups in total. The number of nitrogens with one attached hydrogen (secondary N) is 1. The Balaban J connectivity index is 1.72. The molecule has 2 aliphatic rings. The van der Waals surface area contributed by atoms with Crippen LogP contribution in [0.4, 0.5) is 13.2 Å². The first-order valence-corrected chi connectivity index (χ1v) is 7.28. The van der Waals surface area contributed by atoms with Crippen molar-refractivity contribution in [2.45, 2.75) is 69.8 Å². The maximum absolute atomic E-state index is 13.0. The summed E-state index contributed by atoms with van der Waals surface area (Å²) in [5.74, 6) is -0.725. The Kier molecular flexibility index (Phi) is 3.70. The topological polar surface area (TPSA) is 42.7 Å². The number of alkyl halides is 3. The van der Waals surface area contributed by atoms with Crippen molar-refractivity contribution in [1.29, 1.82) is 0 Å². The molecule has 1 aliphatic heterocycles. The molecule has 0 amide bonds. The molecule has 7 heteroatoms. The molecule has 20 heavy (non-hydrogen) atoms. The third-order valence-electron chi connectivity index (χ3n) is 4.34. The first-order valence-electron chi connectivity index (χ1n) is 7.28. The summed E-state index contributed by atoms with van der Waals surface area (Å²) in [7, 11) is 0. The highest BCUT2D eigenvalue weighted by Gasteiger charge is 2.45. The fourth-order valence-corrected chi connectivity index (χ4v) is 3.24. The van der Waals surface area contributed by atoms with Crippen molar-refractivity contribution in [1.82, 2.24) is 20.1 Å². The maximum atomic E-state index is 13.0. The van der Waals surface area contributed by atoms with E-state index in [4.69, 9.17) is 0 Å². The van der Waals surface area contributed by atoms with Gasteiger partial charge in [0, 0.05) is 12.6 Å². The Morgan fingerprint density at radius 3 is 2.55 bits per heavy atom. The number of halogens is 3. The molecule has 0 saturated heterocycles. The normalized spacial score (nSPS) is 24.1. The molecule has 3 rings (SSSR count). The zero-order chi connectivity index (χ0) is 14.2. The summed E-state index contributed by atoms with van der Waals surface area (Å²) in [6.45, 7) is 1.11. The predicted molar refractivity (Wildman–Crippen MR) is 67.1 cm³/mol. The second-order valence-electron chi connectivity index (χ2n) is 5.72. The smallest absolute Gasteiger partial charge is 0.313 e. The van der Waals surface area contributed by atoms with Gasteiger partial charge in [-0.3, -0.25) is 0 Å². The number of fused-ring (bicyclic) bond motifs is 1. The minimum absolute atomic E-state index is 0.0898. The van der Waals surface area contributed by atoms with Gasteiger partial charge in [-0.2, -0.15) is 13.2 Å². The van der Waals surface area contributed by atoms with Crippen LogP contribution in [0.15, 0.2) is 0 Å². The molecular weight excluding hydrogens is 269 g/mol. The van der Waals surface area contributed by atoms with Crippen LogP contribution in [0, 0.1) is 0 Å². The van der Waals surface area contributed by atoms with Crippen molar-refractivity contribution in [3.8, 4) is 0 Å². The van der Waals surface area contributed by atoms with Crippen molar-refractivity contribution >= 4 is 0 Å². The lowest BCUT2D eigenvalue weighted by Crippen LogP contribution is -2.30. The molecule has 1 atom stereocenters. The van der Waals surface area contributed by atoms with Gasteiger partial charge in [0.05, 0.1) is 6.54 Å². The Hall–Kier alpha value is -1.11. The van der Waals surface area contributed by atoms with Crippen LogP contribution >= 0.6 is 0 Å². The largest absolute Gasteiger partial charge is 0.398 e. The highest BCUT2D eigenvalue weighted by molar-refractivity contribution is 5.07. The summed E-state index contributed by atoms with van der Waals surface area (Å²) in [5, 5.41) is 11.2. The lowest BCUT2D eigenvalue weighted by atomic mass is 9.98. The summed E-state index contributed by atoms with van der Waals surface area (Å²) in [6.07, 6.45) is 1.18. The van der Waals surface area contributed by atoms with Gasteiger partial charge in [0.25, 0.3) is 0 Å². The van der Waals surface area contributed by atoms with E-state index in [9.17, 15) is 13.2 Å². The minimum Gasteiger partial charge on any atom is -0.313 e. The van der Waals surface area contributed by atoms with Crippen molar-refractivity contribution in [3.63, 3.8) is 0 Å². The van der Waals surface area contributed by atoms with Gasteiger partial charge in [-0.25, -0.2) is 0 Å². The van der Waals surface area contributed by atoms with Gasteiger partial charge < -0.3 is 9.88 Å². The molecule has 1 aromatic heterocycles.